The lowest BCUT2D eigenvalue weighted by atomic mass is 10.2. The van der Waals surface area contributed by atoms with Crippen LogP contribution < -0.4 is 9.52 Å². The van der Waals surface area contributed by atoms with E-state index in [9.17, 15) is 8.42 Å². The maximum absolute atomic E-state index is 13.0. The second kappa shape index (κ2) is 9.60. The van der Waals surface area contributed by atoms with Gasteiger partial charge in [0.1, 0.15) is 4.90 Å². The number of hydrogen-bond acceptors (Lipinski definition) is 4. The first kappa shape index (κ1) is 22.8. The lowest BCUT2D eigenvalue weighted by Crippen LogP contribution is -2.23. The zero-order valence-electron chi connectivity index (χ0n) is 17.0. The number of nitrogens with zero attached hydrogens (tertiary/aromatic N) is 2. The van der Waals surface area contributed by atoms with Crippen LogP contribution in [0.15, 0.2) is 88.1 Å². The molecule has 1 N–H and O–H groups in total. The quantitative estimate of drug-likeness (QED) is 0.362. The number of halogens is 2. The van der Waals surface area contributed by atoms with Crippen LogP contribution in [-0.4, -0.2) is 13.0 Å². The van der Waals surface area contributed by atoms with E-state index in [1.807, 2.05) is 47.3 Å². The molecule has 164 valence electrons. The first-order chi connectivity index (χ1) is 15.3. The van der Waals surface area contributed by atoms with E-state index in [1.54, 1.807) is 42.5 Å². The van der Waals surface area contributed by atoms with E-state index in [4.69, 9.17) is 23.2 Å². The first-order valence-corrected chi connectivity index (χ1v) is 12.7. The normalized spacial score (nSPS) is 12.3. The minimum absolute atomic E-state index is 0.0263. The van der Waals surface area contributed by atoms with Crippen molar-refractivity contribution < 1.29 is 8.42 Å². The Balaban J connectivity index is 1.64. The summed E-state index contributed by atoms with van der Waals surface area (Å²) < 4.78 is 30.5. The van der Waals surface area contributed by atoms with Crippen molar-refractivity contribution in [3.05, 3.63) is 98.6 Å². The van der Waals surface area contributed by atoms with Gasteiger partial charge in [0.25, 0.3) is 0 Å². The number of hydrogen-bond donors (Lipinski definition) is 1. The predicted molar refractivity (Wildman–Crippen MR) is 131 cm³/mol. The van der Waals surface area contributed by atoms with Crippen molar-refractivity contribution in [3.8, 4) is 11.3 Å². The monoisotopic (exact) mass is 503 g/mol. The Kier molecular flexibility index (Phi) is 6.83. The highest BCUT2D eigenvalue weighted by molar-refractivity contribution is 7.89. The fraction of sp³-hybridized carbons (Fsp3) is 0.0870. The van der Waals surface area contributed by atoms with Gasteiger partial charge in [-0.3, -0.25) is 0 Å². The van der Waals surface area contributed by atoms with Gasteiger partial charge in [-0.25, -0.2) is 18.1 Å². The van der Waals surface area contributed by atoms with Crippen molar-refractivity contribution in [1.29, 1.82) is 0 Å². The Morgan fingerprint density at radius 3 is 2.44 bits per heavy atom. The Hall–Kier alpha value is -2.42. The molecule has 9 heteroatoms. The van der Waals surface area contributed by atoms with Gasteiger partial charge >= 0.3 is 0 Å². The van der Waals surface area contributed by atoms with Gasteiger partial charge < -0.3 is 4.57 Å². The molecule has 0 unspecified atom stereocenters. The molecule has 5 nitrogen and oxygen atoms in total. The van der Waals surface area contributed by atoms with Gasteiger partial charge in [-0.2, -0.15) is 0 Å². The summed E-state index contributed by atoms with van der Waals surface area (Å²) in [4.78, 5) is 5.48. The summed E-state index contributed by atoms with van der Waals surface area (Å²) in [6, 6.07) is 21.6. The van der Waals surface area contributed by atoms with Gasteiger partial charge in [0.05, 0.1) is 16.4 Å². The van der Waals surface area contributed by atoms with E-state index >= 15 is 0 Å². The molecule has 0 radical (unpaired) electrons. The summed E-state index contributed by atoms with van der Waals surface area (Å²) in [5.74, 6) is 0. The van der Waals surface area contributed by atoms with E-state index in [0.717, 1.165) is 27.3 Å². The van der Waals surface area contributed by atoms with E-state index < -0.39 is 10.0 Å². The summed E-state index contributed by atoms with van der Waals surface area (Å²) >= 11 is 13.6. The summed E-state index contributed by atoms with van der Waals surface area (Å²) in [6.07, 6.45) is 0. The third-order valence-corrected chi connectivity index (χ3v) is 7.85. The minimum Gasteiger partial charge on any atom is -0.320 e. The first-order valence-electron chi connectivity index (χ1n) is 9.62. The van der Waals surface area contributed by atoms with E-state index in [1.165, 1.54) is 11.3 Å². The Bertz CT molecular complexity index is 1410. The number of aromatic nitrogens is 1. The largest absolute Gasteiger partial charge is 0.320 e. The van der Waals surface area contributed by atoms with Crippen molar-refractivity contribution in [2.24, 2.45) is 12.0 Å². The van der Waals surface area contributed by atoms with Crippen LogP contribution in [0.1, 0.15) is 5.56 Å². The second-order valence-electron chi connectivity index (χ2n) is 7.01. The highest BCUT2D eigenvalue weighted by Gasteiger charge is 2.19. The number of nitrogens with one attached hydrogen (secondary N) is 1. The van der Waals surface area contributed by atoms with Gasteiger partial charge in [0.15, 0.2) is 4.80 Å². The highest BCUT2D eigenvalue weighted by atomic mass is 35.5. The molecule has 0 aliphatic rings. The molecule has 1 aromatic heterocycles. The van der Waals surface area contributed by atoms with Crippen LogP contribution in [0.25, 0.3) is 11.3 Å². The molecule has 3 aromatic carbocycles. The maximum Gasteiger partial charge on any atom is 0.242 e. The molecule has 0 atom stereocenters. The predicted octanol–water partition coefficient (Wildman–Crippen LogP) is 5.77. The molecule has 0 fully saturated rings. The average Bonchev–Trinajstić information content (AvgIpc) is 3.14. The molecule has 0 saturated carbocycles. The van der Waals surface area contributed by atoms with Gasteiger partial charge in [-0.1, -0.05) is 59.6 Å². The Labute approximate surface area is 200 Å². The number of rotatable bonds is 6. The smallest absolute Gasteiger partial charge is 0.242 e. The molecule has 4 aromatic rings. The number of para-hydroxylation sites is 1. The fourth-order valence-corrected chi connectivity index (χ4v) is 5.67. The zero-order chi connectivity index (χ0) is 22.7. The van der Waals surface area contributed by atoms with Crippen molar-refractivity contribution in [1.82, 2.24) is 9.29 Å². The highest BCUT2D eigenvalue weighted by Crippen LogP contribution is 2.28. The van der Waals surface area contributed by atoms with Crippen molar-refractivity contribution >= 4 is 50.2 Å². The lowest BCUT2D eigenvalue weighted by Gasteiger charge is -2.11. The molecule has 0 amide bonds. The second-order valence-corrected chi connectivity index (χ2v) is 10.4. The lowest BCUT2D eigenvalue weighted by molar-refractivity contribution is 0.581. The molecule has 0 aliphatic carbocycles. The molecule has 32 heavy (non-hydrogen) atoms. The minimum atomic E-state index is -3.83. The molecular formula is C23H19Cl2N3O2S2. The van der Waals surface area contributed by atoms with Crippen LogP contribution in [-0.2, 0) is 23.6 Å². The van der Waals surface area contributed by atoms with E-state index in [0.29, 0.717) is 5.02 Å². The summed E-state index contributed by atoms with van der Waals surface area (Å²) in [7, 11) is -1.93. The van der Waals surface area contributed by atoms with Crippen LogP contribution in [0.2, 0.25) is 10.0 Å². The fourth-order valence-electron chi connectivity index (χ4n) is 3.07. The van der Waals surface area contributed by atoms with Crippen LogP contribution in [0.3, 0.4) is 0 Å². The van der Waals surface area contributed by atoms with Crippen LogP contribution >= 0.6 is 34.5 Å². The Morgan fingerprint density at radius 2 is 1.72 bits per heavy atom. The van der Waals surface area contributed by atoms with Crippen molar-refractivity contribution in [3.63, 3.8) is 0 Å². The molecule has 1 heterocycles. The van der Waals surface area contributed by atoms with Gasteiger partial charge in [0.2, 0.25) is 10.0 Å². The van der Waals surface area contributed by atoms with Crippen molar-refractivity contribution in [2.45, 2.75) is 11.4 Å². The van der Waals surface area contributed by atoms with Gasteiger partial charge in [0, 0.05) is 29.6 Å². The maximum atomic E-state index is 13.0. The van der Waals surface area contributed by atoms with Crippen LogP contribution in [0, 0.1) is 0 Å². The van der Waals surface area contributed by atoms with Crippen molar-refractivity contribution in [2.75, 3.05) is 0 Å². The third-order valence-electron chi connectivity index (χ3n) is 4.80. The number of thiazole rings is 1. The molecule has 0 aliphatic heterocycles. The molecule has 4 rings (SSSR count). The molecule has 0 saturated heterocycles. The van der Waals surface area contributed by atoms with E-state index in [2.05, 4.69) is 9.71 Å². The van der Waals surface area contributed by atoms with Gasteiger partial charge in [-0.15, -0.1) is 11.3 Å². The topological polar surface area (TPSA) is 63.5 Å². The summed E-state index contributed by atoms with van der Waals surface area (Å²) in [5.41, 5.74) is 3.22. The SMILES string of the molecule is Cn1c(-c2ccc(Cl)c(S(=O)(=O)NCc3ccc(Cl)cc3)c2)csc1=Nc1ccccc1. The van der Waals surface area contributed by atoms with Crippen LogP contribution in [0.5, 0.6) is 0 Å². The van der Waals surface area contributed by atoms with Crippen LogP contribution in [0.4, 0.5) is 5.69 Å². The molecular weight excluding hydrogens is 485 g/mol. The summed E-state index contributed by atoms with van der Waals surface area (Å²) in [5, 5.41) is 2.70. The number of sulfonamides is 1. The molecule has 0 bridgehead atoms. The Morgan fingerprint density at radius 1 is 1.00 bits per heavy atom. The third kappa shape index (κ3) is 5.14. The zero-order valence-corrected chi connectivity index (χ0v) is 20.1. The standard InChI is InChI=1S/C23H19Cl2N3O2S2/c1-28-21(15-31-23(28)27-19-5-3-2-4-6-19)17-9-12-20(25)22(13-17)32(29,30)26-14-16-7-10-18(24)11-8-16/h2-13,15,26H,14H2,1H3. The molecule has 0 spiro atoms. The van der Waals surface area contributed by atoms with Gasteiger partial charge in [-0.05, 0) is 42.0 Å². The number of benzene rings is 3. The summed E-state index contributed by atoms with van der Waals surface area (Å²) in [6.45, 7) is 0.131. The van der Waals surface area contributed by atoms with E-state index in [-0.39, 0.29) is 16.5 Å². The average molecular weight is 504 g/mol.